The summed E-state index contributed by atoms with van der Waals surface area (Å²) in [6.07, 6.45) is 4.89. The van der Waals surface area contributed by atoms with Crippen LogP contribution in [0.1, 0.15) is 0 Å². The molecule has 0 saturated carbocycles. The summed E-state index contributed by atoms with van der Waals surface area (Å²) in [5.41, 5.74) is 6.26. The summed E-state index contributed by atoms with van der Waals surface area (Å²) in [5.74, 6) is 0. The summed E-state index contributed by atoms with van der Waals surface area (Å²) in [6.45, 7) is 0.131. The lowest BCUT2D eigenvalue weighted by Crippen LogP contribution is -2.36. The lowest BCUT2D eigenvalue weighted by atomic mass is 9.99. The van der Waals surface area contributed by atoms with Gasteiger partial charge in [0.05, 0.1) is 6.04 Å². The van der Waals surface area contributed by atoms with E-state index in [1.54, 1.807) is 0 Å². The zero-order valence-corrected chi connectivity index (χ0v) is 11.5. The standard InChI is InChI=1S/C9H14N2O6P2/c10-5-8-7-4-9(18(12,13)14,19(15,16)17)3-6(7)1-2-11-8/h1-4,8,11H,5,10H2,(H2,12,13,14)(H2,15,16,17). The van der Waals surface area contributed by atoms with E-state index in [4.69, 9.17) is 5.73 Å². The lowest BCUT2D eigenvalue weighted by Gasteiger charge is -2.27. The largest absolute Gasteiger partial charge is 0.383 e. The first-order valence-electron chi connectivity index (χ1n) is 5.32. The van der Waals surface area contributed by atoms with Crippen LogP contribution in [0, 0.1) is 0 Å². The van der Waals surface area contributed by atoms with Gasteiger partial charge in [-0.15, -0.1) is 0 Å². The van der Waals surface area contributed by atoms with Gasteiger partial charge in [0.15, 0.2) is 0 Å². The highest BCUT2D eigenvalue weighted by Crippen LogP contribution is 2.72. The SMILES string of the molecule is NCC1NC=CC2=CC(P(=O)(O)O)(P(=O)(O)O)C=C21. The fraction of sp³-hybridized carbons (Fsp3) is 0.333. The molecule has 19 heavy (non-hydrogen) atoms. The summed E-state index contributed by atoms with van der Waals surface area (Å²) in [5, 5.41) is 2.86. The van der Waals surface area contributed by atoms with Crippen molar-refractivity contribution in [3.05, 3.63) is 35.6 Å². The van der Waals surface area contributed by atoms with Crippen LogP contribution in [0.15, 0.2) is 35.6 Å². The van der Waals surface area contributed by atoms with Crippen LogP contribution in [0.4, 0.5) is 0 Å². The maximum Gasteiger partial charge on any atom is 0.351 e. The zero-order valence-electron chi connectivity index (χ0n) is 9.67. The summed E-state index contributed by atoms with van der Waals surface area (Å²) >= 11 is 0. The van der Waals surface area contributed by atoms with Gasteiger partial charge in [-0.05, 0) is 35.6 Å². The number of hydrogen-bond donors (Lipinski definition) is 6. The van der Waals surface area contributed by atoms with E-state index in [2.05, 4.69) is 5.32 Å². The Morgan fingerprint density at radius 2 is 1.79 bits per heavy atom. The summed E-state index contributed by atoms with van der Waals surface area (Å²) in [7, 11) is -10.2. The molecule has 1 heterocycles. The molecule has 2 rings (SSSR count). The molecule has 1 aliphatic heterocycles. The van der Waals surface area contributed by atoms with E-state index >= 15 is 0 Å². The molecular formula is C9H14N2O6P2. The van der Waals surface area contributed by atoms with Gasteiger partial charge >= 0.3 is 15.2 Å². The molecule has 7 N–H and O–H groups in total. The van der Waals surface area contributed by atoms with Gasteiger partial charge in [-0.1, -0.05) is 0 Å². The minimum atomic E-state index is -5.09. The number of allylic oxidation sites excluding steroid dienone is 3. The average molecular weight is 308 g/mol. The number of fused-ring (bicyclic) bond motifs is 1. The molecule has 0 aromatic heterocycles. The van der Waals surface area contributed by atoms with E-state index in [0.717, 1.165) is 12.2 Å². The number of nitrogens with one attached hydrogen (secondary N) is 1. The Labute approximate surface area is 109 Å². The van der Waals surface area contributed by atoms with E-state index in [9.17, 15) is 28.7 Å². The maximum atomic E-state index is 11.6. The van der Waals surface area contributed by atoms with Gasteiger partial charge < -0.3 is 30.6 Å². The Bertz CT molecular complexity index is 562. The first kappa shape index (κ1) is 14.7. The molecule has 8 nitrogen and oxygen atoms in total. The van der Waals surface area contributed by atoms with Crippen LogP contribution in [0.5, 0.6) is 0 Å². The van der Waals surface area contributed by atoms with Gasteiger partial charge in [0.2, 0.25) is 4.90 Å². The molecule has 0 spiro atoms. The first-order valence-corrected chi connectivity index (χ1v) is 8.55. The first-order chi connectivity index (χ1) is 8.62. The second-order valence-electron chi connectivity index (χ2n) is 4.36. The molecule has 0 amide bonds. The third-order valence-electron chi connectivity index (χ3n) is 3.17. The van der Waals surface area contributed by atoms with Crippen molar-refractivity contribution in [3.8, 4) is 0 Å². The summed E-state index contributed by atoms with van der Waals surface area (Å²) in [4.78, 5) is 34.9. The van der Waals surface area contributed by atoms with Gasteiger partial charge in [0, 0.05) is 6.54 Å². The Morgan fingerprint density at radius 3 is 2.26 bits per heavy atom. The topological polar surface area (TPSA) is 153 Å². The number of rotatable bonds is 3. The molecule has 0 saturated heterocycles. The second kappa shape index (κ2) is 4.40. The van der Waals surface area contributed by atoms with E-state index in [1.165, 1.54) is 12.3 Å². The third-order valence-corrected chi connectivity index (χ3v) is 7.12. The molecule has 2 aliphatic rings. The van der Waals surface area contributed by atoms with E-state index in [0.29, 0.717) is 11.1 Å². The Morgan fingerprint density at radius 1 is 1.21 bits per heavy atom. The normalized spacial score (nSPS) is 25.4. The minimum absolute atomic E-state index is 0.131. The zero-order chi connectivity index (χ0) is 14.5. The van der Waals surface area contributed by atoms with Crippen molar-refractivity contribution in [3.63, 3.8) is 0 Å². The molecular weight excluding hydrogens is 294 g/mol. The maximum absolute atomic E-state index is 11.6. The van der Waals surface area contributed by atoms with Crippen molar-refractivity contribution in [2.75, 3.05) is 6.54 Å². The quantitative estimate of drug-likeness (QED) is 0.376. The summed E-state index contributed by atoms with van der Waals surface area (Å²) < 4.78 is 23.2. The van der Waals surface area contributed by atoms with Crippen LogP contribution in [0.2, 0.25) is 0 Å². The fourth-order valence-corrected chi connectivity index (χ4v) is 4.74. The van der Waals surface area contributed by atoms with Gasteiger partial charge in [0.25, 0.3) is 0 Å². The molecule has 1 unspecified atom stereocenters. The van der Waals surface area contributed by atoms with E-state index < -0.39 is 26.1 Å². The molecule has 1 atom stereocenters. The van der Waals surface area contributed by atoms with E-state index in [-0.39, 0.29) is 6.54 Å². The Hall–Kier alpha value is -0.720. The van der Waals surface area contributed by atoms with Crippen LogP contribution in [-0.4, -0.2) is 37.1 Å². The summed E-state index contributed by atoms with van der Waals surface area (Å²) in [6, 6.07) is -0.434. The Balaban J connectivity index is 2.67. The highest BCUT2D eigenvalue weighted by Gasteiger charge is 2.60. The highest BCUT2D eigenvalue weighted by molar-refractivity contribution is 7.73. The smallest absolute Gasteiger partial charge is 0.351 e. The monoisotopic (exact) mass is 308 g/mol. The molecule has 0 fully saturated rings. The van der Waals surface area contributed by atoms with Crippen molar-refractivity contribution in [1.82, 2.24) is 5.32 Å². The average Bonchev–Trinajstić information content (AvgIpc) is 2.67. The minimum Gasteiger partial charge on any atom is -0.383 e. The predicted octanol–water partition coefficient (Wildman–Crippen LogP) is -0.651. The molecule has 0 aromatic carbocycles. The van der Waals surface area contributed by atoms with Crippen LogP contribution < -0.4 is 11.1 Å². The van der Waals surface area contributed by atoms with Gasteiger partial charge in [-0.2, -0.15) is 0 Å². The van der Waals surface area contributed by atoms with Crippen molar-refractivity contribution < 1.29 is 28.7 Å². The molecule has 10 heteroatoms. The van der Waals surface area contributed by atoms with Gasteiger partial charge in [-0.25, -0.2) is 0 Å². The second-order valence-corrected chi connectivity index (χ2v) is 8.37. The Kier molecular flexibility index (Phi) is 3.40. The number of hydrogen-bond acceptors (Lipinski definition) is 4. The van der Waals surface area contributed by atoms with Crippen molar-refractivity contribution in [2.24, 2.45) is 5.73 Å². The molecule has 0 bridgehead atoms. The fourth-order valence-electron chi connectivity index (χ4n) is 2.16. The van der Waals surface area contributed by atoms with Crippen LogP contribution in [0.3, 0.4) is 0 Å². The van der Waals surface area contributed by atoms with Gasteiger partial charge in [0.1, 0.15) is 0 Å². The van der Waals surface area contributed by atoms with Crippen LogP contribution >= 0.6 is 15.2 Å². The highest BCUT2D eigenvalue weighted by atomic mass is 31.2. The molecule has 0 aromatic rings. The number of nitrogens with two attached hydrogens (primary N) is 1. The van der Waals surface area contributed by atoms with E-state index in [1.807, 2.05) is 0 Å². The van der Waals surface area contributed by atoms with Gasteiger partial charge in [-0.3, -0.25) is 9.13 Å². The van der Waals surface area contributed by atoms with Crippen molar-refractivity contribution in [2.45, 2.75) is 10.9 Å². The van der Waals surface area contributed by atoms with Crippen molar-refractivity contribution >= 4 is 15.2 Å². The third kappa shape index (κ3) is 2.15. The molecule has 0 radical (unpaired) electrons. The van der Waals surface area contributed by atoms with Crippen LogP contribution in [0.25, 0.3) is 0 Å². The lowest BCUT2D eigenvalue weighted by molar-refractivity contribution is 0.333. The van der Waals surface area contributed by atoms with Crippen molar-refractivity contribution in [1.29, 1.82) is 0 Å². The molecule has 1 aliphatic carbocycles. The van der Waals surface area contributed by atoms with Crippen LogP contribution in [-0.2, 0) is 9.13 Å². The predicted molar refractivity (Wildman–Crippen MR) is 68.1 cm³/mol. The molecule has 106 valence electrons.